The first-order chi connectivity index (χ1) is 13.6. The van der Waals surface area contributed by atoms with Crippen LogP contribution in [0.1, 0.15) is 17.7 Å². The monoisotopic (exact) mass is 399 g/mol. The van der Waals surface area contributed by atoms with Gasteiger partial charge in [-0.15, -0.1) is 0 Å². The molecule has 6 heteroatoms. The highest BCUT2D eigenvalue weighted by Gasteiger charge is 2.49. The lowest BCUT2D eigenvalue weighted by molar-refractivity contribution is -0.142. The second kappa shape index (κ2) is 8.60. The maximum Gasteiger partial charge on any atom is 0.229 e. The van der Waals surface area contributed by atoms with E-state index in [0.717, 1.165) is 56.9 Å². The Morgan fingerprint density at radius 2 is 2.07 bits per heavy atom. The topological polar surface area (TPSA) is 54.5 Å². The Balaban J connectivity index is 1.42. The first-order valence-corrected chi connectivity index (χ1v) is 10.2. The molecule has 4 rings (SSSR count). The number of aromatic nitrogens is 1. The molecule has 28 heavy (non-hydrogen) atoms. The van der Waals surface area contributed by atoms with Crippen molar-refractivity contribution in [1.29, 1.82) is 0 Å². The molecule has 1 unspecified atom stereocenters. The number of rotatable bonds is 7. The quantitative estimate of drug-likeness (QED) is 0.777. The van der Waals surface area contributed by atoms with Crippen LogP contribution in [-0.4, -0.2) is 48.6 Å². The SMILES string of the molecule is O=C(NCc1ccccn1)C1(Cc2ccc(Cl)cc2)CN(CC2CCOC2)C1. The Hall–Kier alpha value is -1.95. The van der Waals surface area contributed by atoms with E-state index in [1.807, 2.05) is 42.5 Å². The molecular formula is C22H26ClN3O2. The molecule has 2 aliphatic heterocycles. The molecule has 1 N–H and O–H groups in total. The lowest BCUT2D eigenvalue weighted by Gasteiger charge is -2.50. The lowest BCUT2D eigenvalue weighted by atomic mass is 9.73. The minimum atomic E-state index is -0.401. The molecule has 2 aromatic rings. The van der Waals surface area contributed by atoms with Crippen LogP contribution in [0.5, 0.6) is 0 Å². The predicted octanol–water partition coefficient (Wildman–Crippen LogP) is 2.93. The van der Waals surface area contributed by atoms with Gasteiger partial charge in [0.05, 0.1) is 24.3 Å². The standard InChI is InChI=1S/C22H26ClN3O2/c23-19-6-4-17(5-7-19)11-22(15-26(16-22)13-18-8-10-28-14-18)21(27)25-12-20-3-1-2-9-24-20/h1-7,9,18H,8,10-16H2,(H,25,27). The molecule has 148 valence electrons. The van der Waals surface area contributed by atoms with Crippen molar-refractivity contribution >= 4 is 17.5 Å². The van der Waals surface area contributed by atoms with Crippen LogP contribution in [0.15, 0.2) is 48.7 Å². The number of benzene rings is 1. The minimum Gasteiger partial charge on any atom is -0.381 e. The fourth-order valence-corrected chi connectivity index (χ4v) is 4.35. The first-order valence-electron chi connectivity index (χ1n) is 9.86. The summed E-state index contributed by atoms with van der Waals surface area (Å²) in [6.07, 6.45) is 3.59. The summed E-state index contributed by atoms with van der Waals surface area (Å²) >= 11 is 6.02. The maximum atomic E-state index is 13.2. The third-order valence-corrected chi connectivity index (χ3v) is 5.94. The Labute approximate surface area is 171 Å². The summed E-state index contributed by atoms with van der Waals surface area (Å²) in [5.41, 5.74) is 1.61. The summed E-state index contributed by atoms with van der Waals surface area (Å²) in [4.78, 5) is 19.8. The van der Waals surface area contributed by atoms with E-state index in [0.29, 0.717) is 17.5 Å². The van der Waals surface area contributed by atoms with Gasteiger partial charge in [0.25, 0.3) is 0 Å². The molecule has 0 bridgehead atoms. The van der Waals surface area contributed by atoms with Crippen LogP contribution in [0.2, 0.25) is 5.02 Å². The molecule has 2 aliphatic rings. The second-order valence-electron chi connectivity index (χ2n) is 7.99. The zero-order chi connectivity index (χ0) is 19.4. The third-order valence-electron chi connectivity index (χ3n) is 5.69. The van der Waals surface area contributed by atoms with E-state index in [2.05, 4.69) is 15.2 Å². The summed E-state index contributed by atoms with van der Waals surface area (Å²) in [6, 6.07) is 13.6. The summed E-state index contributed by atoms with van der Waals surface area (Å²) in [5, 5.41) is 3.83. The van der Waals surface area contributed by atoms with Crippen molar-refractivity contribution in [2.45, 2.75) is 19.4 Å². The van der Waals surface area contributed by atoms with Gasteiger partial charge in [-0.05, 0) is 48.6 Å². The molecule has 1 atom stereocenters. The molecule has 5 nitrogen and oxygen atoms in total. The number of amides is 1. The van der Waals surface area contributed by atoms with Crippen LogP contribution < -0.4 is 5.32 Å². The van der Waals surface area contributed by atoms with Crippen LogP contribution in [0.25, 0.3) is 0 Å². The molecule has 2 saturated heterocycles. The van der Waals surface area contributed by atoms with Crippen molar-refractivity contribution in [3.8, 4) is 0 Å². The van der Waals surface area contributed by atoms with E-state index in [1.54, 1.807) is 6.20 Å². The average Bonchev–Trinajstić information content (AvgIpc) is 3.20. The smallest absolute Gasteiger partial charge is 0.229 e. The van der Waals surface area contributed by atoms with E-state index in [-0.39, 0.29) is 5.91 Å². The fourth-order valence-electron chi connectivity index (χ4n) is 4.22. The lowest BCUT2D eigenvalue weighted by Crippen LogP contribution is -2.64. The summed E-state index contributed by atoms with van der Waals surface area (Å²) < 4.78 is 5.50. The minimum absolute atomic E-state index is 0.104. The summed E-state index contributed by atoms with van der Waals surface area (Å²) in [5.74, 6) is 0.692. The first kappa shape index (κ1) is 19.4. The Bertz CT molecular complexity index is 785. The van der Waals surface area contributed by atoms with Gasteiger partial charge in [-0.3, -0.25) is 9.78 Å². The van der Waals surface area contributed by atoms with Gasteiger partial charge >= 0.3 is 0 Å². The van der Waals surface area contributed by atoms with Crippen molar-refractivity contribution in [2.24, 2.45) is 11.3 Å². The number of nitrogens with zero attached hydrogens (tertiary/aromatic N) is 2. The number of pyridine rings is 1. The highest BCUT2D eigenvalue weighted by Crippen LogP contribution is 2.36. The second-order valence-corrected chi connectivity index (χ2v) is 8.42. The van der Waals surface area contributed by atoms with Gasteiger partial charge in [0.2, 0.25) is 5.91 Å². The zero-order valence-electron chi connectivity index (χ0n) is 15.9. The van der Waals surface area contributed by atoms with Gasteiger partial charge in [-0.2, -0.15) is 0 Å². The van der Waals surface area contributed by atoms with Crippen molar-refractivity contribution in [2.75, 3.05) is 32.8 Å². The van der Waals surface area contributed by atoms with Crippen molar-refractivity contribution in [3.05, 3.63) is 64.9 Å². The largest absolute Gasteiger partial charge is 0.381 e. The number of nitrogens with one attached hydrogen (secondary N) is 1. The van der Waals surface area contributed by atoms with Crippen LogP contribution in [0.3, 0.4) is 0 Å². The molecular weight excluding hydrogens is 374 g/mol. The Kier molecular flexibility index (Phi) is 5.95. The normalized spacial score (nSPS) is 21.2. The molecule has 0 spiro atoms. The molecule has 1 aromatic heterocycles. The number of carbonyl (C=O) groups is 1. The molecule has 1 amide bonds. The fraction of sp³-hybridized carbons (Fsp3) is 0.455. The molecule has 0 radical (unpaired) electrons. The van der Waals surface area contributed by atoms with Gasteiger partial charge in [0, 0.05) is 37.5 Å². The molecule has 2 fully saturated rings. The Morgan fingerprint density at radius 3 is 2.75 bits per heavy atom. The van der Waals surface area contributed by atoms with Gasteiger partial charge in [0.15, 0.2) is 0 Å². The van der Waals surface area contributed by atoms with Crippen LogP contribution in [-0.2, 0) is 22.5 Å². The molecule has 3 heterocycles. The summed E-state index contributed by atoms with van der Waals surface area (Å²) in [6.45, 7) is 4.72. The van der Waals surface area contributed by atoms with Crippen molar-refractivity contribution in [1.82, 2.24) is 15.2 Å². The number of hydrogen-bond acceptors (Lipinski definition) is 4. The maximum absolute atomic E-state index is 13.2. The van der Waals surface area contributed by atoms with Crippen LogP contribution >= 0.6 is 11.6 Å². The van der Waals surface area contributed by atoms with Gasteiger partial charge < -0.3 is 15.0 Å². The predicted molar refractivity (Wildman–Crippen MR) is 109 cm³/mol. The Morgan fingerprint density at radius 1 is 1.25 bits per heavy atom. The van der Waals surface area contributed by atoms with Crippen molar-refractivity contribution < 1.29 is 9.53 Å². The van der Waals surface area contributed by atoms with E-state index >= 15 is 0 Å². The number of hydrogen-bond donors (Lipinski definition) is 1. The molecule has 0 saturated carbocycles. The number of ether oxygens (including phenoxy) is 1. The van der Waals surface area contributed by atoms with Crippen LogP contribution in [0.4, 0.5) is 0 Å². The highest BCUT2D eigenvalue weighted by atomic mass is 35.5. The van der Waals surface area contributed by atoms with Gasteiger partial charge in [-0.1, -0.05) is 29.8 Å². The van der Waals surface area contributed by atoms with E-state index in [9.17, 15) is 4.79 Å². The van der Waals surface area contributed by atoms with E-state index in [4.69, 9.17) is 16.3 Å². The van der Waals surface area contributed by atoms with Gasteiger partial charge in [-0.25, -0.2) is 0 Å². The number of likely N-dealkylation sites (tertiary alicyclic amines) is 1. The molecule has 0 aliphatic carbocycles. The van der Waals surface area contributed by atoms with Gasteiger partial charge in [0.1, 0.15) is 0 Å². The zero-order valence-corrected chi connectivity index (χ0v) is 16.7. The van der Waals surface area contributed by atoms with Crippen LogP contribution in [0, 0.1) is 11.3 Å². The van der Waals surface area contributed by atoms with E-state index in [1.165, 1.54) is 0 Å². The number of carbonyl (C=O) groups excluding carboxylic acids is 1. The number of halogens is 1. The van der Waals surface area contributed by atoms with E-state index < -0.39 is 5.41 Å². The highest BCUT2D eigenvalue weighted by molar-refractivity contribution is 6.30. The average molecular weight is 400 g/mol. The van der Waals surface area contributed by atoms with Crippen molar-refractivity contribution in [3.63, 3.8) is 0 Å². The molecule has 1 aromatic carbocycles. The summed E-state index contributed by atoms with van der Waals surface area (Å²) in [7, 11) is 0. The third kappa shape index (κ3) is 4.54.